The fraction of sp³-hybridized carbons (Fsp3) is 0.762. The molecule has 1 aromatic heterocycles. The number of carbonyl (C=O) groups excluding carboxylic acids is 1. The second-order valence-electron chi connectivity index (χ2n) is 8.69. The molecule has 0 spiro atoms. The lowest BCUT2D eigenvalue weighted by molar-refractivity contribution is -0.136. The van der Waals surface area contributed by atoms with E-state index in [1.54, 1.807) is 11.7 Å². The predicted molar refractivity (Wildman–Crippen MR) is 119 cm³/mol. The third kappa shape index (κ3) is 7.42. The maximum Gasteiger partial charge on any atom is 0.337 e. The monoisotopic (exact) mass is 455 g/mol. The number of thioether (sulfide) groups is 1. The Morgan fingerprint density at radius 3 is 2.60 bits per heavy atom. The van der Waals surface area contributed by atoms with Crippen molar-refractivity contribution in [1.82, 2.24) is 15.2 Å². The van der Waals surface area contributed by atoms with Gasteiger partial charge in [-0.2, -0.15) is 0 Å². The molecule has 1 aromatic rings. The lowest BCUT2D eigenvalue weighted by Crippen LogP contribution is -2.52. The van der Waals surface area contributed by atoms with Gasteiger partial charge in [0.15, 0.2) is 5.37 Å². The van der Waals surface area contributed by atoms with E-state index < -0.39 is 11.3 Å². The number of ether oxygens (including phenoxy) is 1. The van der Waals surface area contributed by atoms with Gasteiger partial charge in [-0.25, -0.2) is 9.59 Å². The maximum atomic E-state index is 13.1. The summed E-state index contributed by atoms with van der Waals surface area (Å²) in [6, 6.07) is -0.158. The first kappa shape index (κ1) is 23.3. The smallest absolute Gasteiger partial charge is 0.337 e. The van der Waals surface area contributed by atoms with E-state index in [0.717, 1.165) is 60.6 Å². The first-order valence-electron chi connectivity index (χ1n) is 10.9. The van der Waals surface area contributed by atoms with Crippen LogP contribution in [0.2, 0.25) is 0 Å². The van der Waals surface area contributed by atoms with Crippen molar-refractivity contribution in [3.8, 4) is 0 Å². The number of nitrogens with one attached hydrogen (secondary N) is 1. The van der Waals surface area contributed by atoms with Gasteiger partial charge in [0.2, 0.25) is 0 Å². The standard InChI is InChI=1S/C21H33N3O4S2/c1-14(2)9-10-24(16-5-7-17(8-6-16)28-12-15-3-4-15)21(27)23-19(20(25)26)30-18-11-22-13-29-18/h11,13-17,19H,3-10,12H2,1-2H3,(H,23,27)(H,25,26)/t16-,17-,19?. The number of amides is 2. The number of aliphatic carboxylic acids is 1. The van der Waals surface area contributed by atoms with E-state index >= 15 is 0 Å². The second-order valence-corrected chi connectivity index (χ2v) is 11.0. The Morgan fingerprint density at radius 2 is 2.03 bits per heavy atom. The average molecular weight is 456 g/mol. The highest BCUT2D eigenvalue weighted by Gasteiger charge is 2.32. The van der Waals surface area contributed by atoms with E-state index in [1.807, 2.05) is 4.90 Å². The number of carboxylic acid groups (broad SMARTS) is 1. The molecule has 168 valence electrons. The van der Waals surface area contributed by atoms with Gasteiger partial charge in [0.05, 0.1) is 22.0 Å². The zero-order valence-corrected chi connectivity index (χ0v) is 19.4. The largest absolute Gasteiger partial charge is 0.479 e. The normalized spacial score (nSPS) is 22.6. The zero-order valence-electron chi connectivity index (χ0n) is 17.8. The predicted octanol–water partition coefficient (Wildman–Crippen LogP) is 4.44. The molecule has 1 atom stereocenters. The highest BCUT2D eigenvalue weighted by atomic mass is 32.2. The van der Waals surface area contributed by atoms with Crippen molar-refractivity contribution in [2.45, 2.75) is 80.5 Å². The molecular weight excluding hydrogens is 422 g/mol. The molecule has 0 bridgehead atoms. The first-order chi connectivity index (χ1) is 14.4. The minimum atomic E-state index is -1.05. The van der Waals surface area contributed by atoms with Crippen molar-refractivity contribution < 1.29 is 19.4 Å². The fourth-order valence-corrected chi connectivity index (χ4v) is 5.24. The van der Waals surface area contributed by atoms with E-state index in [4.69, 9.17) is 4.74 Å². The lowest BCUT2D eigenvalue weighted by atomic mass is 9.91. The number of aromatic nitrogens is 1. The average Bonchev–Trinajstić information content (AvgIpc) is 3.40. The van der Waals surface area contributed by atoms with Crippen LogP contribution in [-0.2, 0) is 9.53 Å². The summed E-state index contributed by atoms with van der Waals surface area (Å²) in [6.45, 7) is 5.79. The molecule has 2 saturated carbocycles. The van der Waals surface area contributed by atoms with E-state index in [-0.39, 0.29) is 12.1 Å². The second kappa shape index (κ2) is 11.3. The number of carboxylic acids is 1. The third-order valence-corrected chi connectivity index (χ3v) is 7.71. The Hall–Kier alpha value is -1.32. The molecule has 2 N–H and O–H groups in total. The molecule has 30 heavy (non-hydrogen) atoms. The van der Waals surface area contributed by atoms with Gasteiger partial charge >= 0.3 is 12.0 Å². The maximum absolute atomic E-state index is 13.1. The van der Waals surface area contributed by atoms with Gasteiger partial charge < -0.3 is 20.1 Å². The van der Waals surface area contributed by atoms with Crippen molar-refractivity contribution in [1.29, 1.82) is 0 Å². The van der Waals surface area contributed by atoms with Crippen LogP contribution in [0.15, 0.2) is 15.9 Å². The van der Waals surface area contributed by atoms with Gasteiger partial charge in [0, 0.05) is 19.2 Å². The summed E-state index contributed by atoms with van der Waals surface area (Å²) in [5.41, 5.74) is 1.65. The Morgan fingerprint density at radius 1 is 1.30 bits per heavy atom. The Bertz CT molecular complexity index is 674. The number of nitrogens with zero attached hydrogens (tertiary/aromatic N) is 2. The van der Waals surface area contributed by atoms with Gasteiger partial charge in [0.1, 0.15) is 0 Å². The molecule has 0 aliphatic heterocycles. The molecule has 0 saturated heterocycles. The summed E-state index contributed by atoms with van der Waals surface area (Å²) in [5, 5.41) is 11.3. The fourth-order valence-electron chi connectivity index (χ4n) is 3.64. The molecule has 2 aliphatic rings. The van der Waals surface area contributed by atoms with Crippen LogP contribution >= 0.6 is 23.1 Å². The van der Waals surface area contributed by atoms with Crippen molar-refractivity contribution >= 4 is 35.1 Å². The SMILES string of the molecule is CC(C)CCN(C(=O)NC(Sc1cncs1)C(=O)O)[C@H]1CC[C@H](OCC2CC2)CC1. The van der Waals surface area contributed by atoms with Crippen LogP contribution in [0.4, 0.5) is 4.79 Å². The Kier molecular flexibility index (Phi) is 8.83. The van der Waals surface area contributed by atoms with Crippen LogP contribution < -0.4 is 5.32 Å². The Labute approximate surface area is 187 Å². The molecule has 7 nitrogen and oxygen atoms in total. The molecule has 2 amide bonds. The summed E-state index contributed by atoms with van der Waals surface area (Å²) in [6.07, 6.45) is 9.13. The number of thiazole rings is 1. The van der Waals surface area contributed by atoms with Gasteiger partial charge in [-0.15, -0.1) is 11.3 Å². The topological polar surface area (TPSA) is 91.8 Å². The van der Waals surface area contributed by atoms with E-state index in [2.05, 4.69) is 24.1 Å². The lowest BCUT2D eigenvalue weighted by Gasteiger charge is -2.37. The minimum absolute atomic E-state index is 0.132. The van der Waals surface area contributed by atoms with Crippen molar-refractivity contribution in [2.24, 2.45) is 11.8 Å². The molecule has 1 heterocycles. The van der Waals surface area contributed by atoms with Gasteiger partial charge in [-0.05, 0) is 56.8 Å². The van der Waals surface area contributed by atoms with Crippen LogP contribution in [0.5, 0.6) is 0 Å². The molecule has 1 unspecified atom stereocenters. The quantitative estimate of drug-likeness (QED) is 0.379. The van der Waals surface area contributed by atoms with Crippen LogP contribution in [0.25, 0.3) is 0 Å². The molecule has 9 heteroatoms. The van der Waals surface area contributed by atoms with E-state index in [0.29, 0.717) is 18.6 Å². The number of rotatable bonds is 11. The van der Waals surface area contributed by atoms with E-state index in [1.165, 1.54) is 24.2 Å². The summed E-state index contributed by atoms with van der Waals surface area (Å²) < 4.78 is 6.81. The van der Waals surface area contributed by atoms with Gasteiger partial charge in [0.25, 0.3) is 0 Å². The molecule has 0 radical (unpaired) electrons. The summed E-state index contributed by atoms with van der Waals surface area (Å²) in [4.78, 5) is 30.7. The summed E-state index contributed by atoms with van der Waals surface area (Å²) in [5.74, 6) is 0.183. The summed E-state index contributed by atoms with van der Waals surface area (Å²) >= 11 is 2.48. The van der Waals surface area contributed by atoms with Crippen molar-refractivity contribution in [2.75, 3.05) is 13.2 Å². The molecule has 0 aromatic carbocycles. The number of urea groups is 1. The van der Waals surface area contributed by atoms with Crippen LogP contribution in [-0.4, -0.2) is 57.7 Å². The van der Waals surface area contributed by atoms with Gasteiger partial charge in [-0.3, -0.25) is 4.98 Å². The van der Waals surface area contributed by atoms with Gasteiger partial charge in [-0.1, -0.05) is 25.6 Å². The van der Waals surface area contributed by atoms with Crippen LogP contribution in [0, 0.1) is 11.8 Å². The minimum Gasteiger partial charge on any atom is -0.479 e. The Balaban J connectivity index is 1.57. The molecule has 3 rings (SSSR count). The van der Waals surface area contributed by atoms with Crippen LogP contribution in [0.3, 0.4) is 0 Å². The first-order valence-corrected chi connectivity index (χ1v) is 12.6. The highest BCUT2D eigenvalue weighted by molar-refractivity contribution is 8.02. The highest BCUT2D eigenvalue weighted by Crippen LogP contribution is 2.32. The zero-order chi connectivity index (χ0) is 21.5. The summed E-state index contributed by atoms with van der Waals surface area (Å²) in [7, 11) is 0. The molecular formula is C21H33N3O4S2. The van der Waals surface area contributed by atoms with Crippen molar-refractivity contribution in [3.63, 3.8) is 0 Å². The number of hydrogen-bond acceptors (Lipinski definition) is 6. The third-order valence-electron chi connectivity index (χ3n) is 5.68. The van der Waals surface area contributed by atoms with Crippen molar-refractivity contribution in [3.05, 3.63) is 11.7 Å². The molecule has 2 fully saturated rings. The van der Waals surface area contributed by atoms with E-state index in [9.17, 15) is 14.7 Å². The molecule has 2 aliphatic carbocycles. The number of carbonyl (C=O) groups is 2. The van der Waals surface area contributed by atoms with Crippen LogP contribution in [0.1, 0.15) is 58.8 Å². The number of hydrogen-bond donors (Lipinski definition) is 2.